The number of amides is 1. The highest BCUT2D eigenvalue weighted by atomic mass is 19.4. The number of alkyl halides is 3. The number of aromatic nitrogens is 1. The number of hydrogen-bond acceptors (Lipinski definition) is 4. The van der Waals surface area contributed by atoms with Crippen LogP contribution in [0.2, 0.25) is 0 Å². The Morgan fingerprint density at radius 1 is 1.14 bits per heavy atom. The van der Waals surface area contributed by atoms with Crippen molar-refractivity contribution < 1.29 is 32.3 Å². The Kier molecular flexibility index (Phi) is 5.53. The lowest BCUT2D eigenvalue weighted by molar-refractivity contribution is -0.137. The van der Waals surface area contributed by atoms with E-state index in [1.807, 2.05) is 0 Å². The molecule has 6 nitrogen and oxygen atoms in total. The first kappa shape index (κ1) is 19.3. The first-order chi connectivity index (χ1) is 13.3. The fourth-order valence-corrected chi connectivity index (χ4v) is 2.42. The van der Waals surface area contributed by atoms with Crippen LogP contribution in [0.1, 0.15) is 16.9 Å². The smallest absolute Gasteiger partial charge is 0.416 e. The summed E-state index contributed by atoms with van der Waals surface area (Å²) in [5.41, 5.74) is 0.928. The third-order valence-electron chi connectivity index (χ3n) is 3.78. The topological polar surface area (TPSA) is 84.6 Å². The summed E-state index contributed by atoms with van der Waals surface area (Å²) < 4.78 is 48.8. The van der Waals surface area contributed by atoms with Crippen molar-refractivity contribution in [3.63, 3.8) is 0 Å². The minimum atomic E-state index is -4.39. The highest BCUT2D eigenvalue weighted by molar-refractivity contribution is 5.64. The van der Waals surface area contributed by atoms with E-state index >= 15 is 0 Å². The van der Waals surface area contributed by atoms with Gasteiger partial charge in [0, 0.05) is 11.6 Å². The zero-order valence-electron chi connectivity index (χ0n) is 14.4. The zero-order valence-corrected chi connectivity index (χ0v) is 14.4. The van der Waals surface area contributed by atoms with Gasteiger partial charge in [0.2, 0.25) is 0 Å². The van der Waals surface area contributed by atoms with Crippen LogP contribution in [0.25, 0.3) is 11.3 Å². The lowest BCUT2D eigenvalue weighted by Crippen LogP contribution is -2.19. The van der Waals surface area contributed by atoms with Gasteiger partial charge in [-0.05, 0) is 42.0 Å². The second-order valence-electron chi connectivity index (χ2n) is 5.85. The van der Waals surface area contributed by atoms with Crippen LogP contribution < -0.4 is 10.1 Å². The Balaban J connectivity index is 1.61. The summed E-state index contributed by atoms with van der Waals surface area (Å²) in [5.74, 6) is 0.847. The average molecular weight is 392 g/mol. The van der Waals surface area contributed by atoms with Gasteiger partial charge in [0.15, 0.2) is 5.76 Å². The van der Waals surface area contributed by atoms with Gasteiger partial charge in [-0.2, -0.15) is 13.2 Å². The van der Waals surface area contributed by atoms with E-state index < -0.39 is 17.8 Å². The van der Waals surface area contributed by atoms with Gasteiger partial charge in [-0.3, -0.25) is 0 Å². The van der Waals surface area contributed by atoms with Crippen LogP contribution in [-0.2, 0) is 19.3 Å². The molecule has 2 N–H and O–H groups in total. The Morgan fingerprint density at radius 2 is 1.89 bits per heavy atom. The molecule has 28 heavy (non-hydrogen) atoms. The van der Waals surface area contributed by atoms with Crippen LogP contribution in [0, 0.1) is 0 Å². The molecule has 2 aromatic carbocycles. The molecule has 146 valence electrons. The molecule has 3 aromatic rings. The Morgan fingerprint density at radius 3 is 2.57 bits per heavy atom. The fourth-order valence-electron chi connectivity index (χ4n) is 2.42. The van der Waals surface area contributed by atoms with E-state index in [1.165, 1.54) is 6.07 Å². The molecule has 0 unspecified atom stereocenters. The first-order valence-electron chi connectivity index (χ1n) is 8.13. The van der Waals surface area contributed by atoms with Gasteiger partial charge < -0.3 is 19.7 Å². The quantitative estimate of drug-likeness (QED) is 0.635. The van der Waals surface area contributed by atoms with Gasteiger partial charge in [0.1, 0.15) is 18.1 Å². The Labute approximate surface area is 157 Å². The summed E-state index contributed by atoms with van der Waals surface area (Å²) in [6.45, 7) is -0.00124. The minimum Gasteiger partial charge on any atom is -0.489 e. The molecule has 1 heterocycles. The molecule has 0 bridgehead atoms. The zero-order chi connectivity index (χ0) is 20.1. The van der Waals surface area contributed by atoms with Crippen LogP contribution in [-0.4, -0.2) is 16.4 Å². The number of nitrogens with zero attached hydrogens (tertiary/aromatic N) is 1. The first-order valence-corrected chi connectivity index (χ1v) is 8.13. The van der Waals surface area contributed by atoms with Crippen molar-refractivity contribution in [1.29, 1.82) is 0 Å². The third-order valence-corrected chi connectivity index (χ3v) is 3.78. The van der Waals surface area contributed by atoms with Gasteiger partial charge in [-0.25, -0.2) is 4.79 Å². The third kappa shape index (κ3) is 5.03. The van der Waals surface area contributed by atoms with Gasteiger partial charge in [0.25, 0.3) is 0 Å². The molecule has 1 amide bonds. The monoisotopic (exact) mass is 392 g/mol. The van der Waals surface area contributed by atoms with E-state index in [0.717, 1.165) is 17.7 Å². The lowest BCUT2D eigenvalue weighted by atomic mass is 10.1. The molecule has 3 rings (SSSR count). The SMILES string of the molecule is O=C(O)NCc1cc(-c2ccc(OCc3cccc(C(F)(F)F)c3)cc2)no1. The fraction of sp³-hybridized carbons (Fsp3) is 0.158. The maximum absolute atomic E-state index is 12.7. The molecule has 0 spiro atoms. The van der Waals surface area contributed by atoms with Crippen molar-refractivity contribution in [3.8, 4) is 17.0 Å². The van der Waals surface area contributed by atoms with Crippen LogP contribution in [0.5, 0.6) is 5.75 Å². The lowest BCUT2D eigenvalue weighted by Gasteiger charge is -2.10. The number of rotatable bonds is 6. The van der Waals surface area contributed by atoms with Crippen LogP contribution in [0.4, 0.5) is 18.0 Å². The predicted octanol–water partition coefficient (Wildman–Crippen LogP) is 4.71. The number of ether oxygens (including phenoxy) is 1. The van der Waals surface area contributed by atoms with Crippen LogP contribution >= 0.6 is 0 Å². The summed E-state index contributed by atoms with van der Waals surface area (Å²) in [5, 5.41) is 14.6. The predicted molar refractivity (Wildman–Crippen MR) is 92.6 cm³/mol. The molecule has 0 fully saturated rings. The average Bonchev–Trinajstić information content (AvgIpc) is 3.14. The molecule has 0 aliphatic heterocycles. The van der Waals surface area contributed by atoms with Crippen molar-refractivity contribution in [2.24, 2.45) is 0 Å². The summed E-state index contributed by atoms with van der Waals surface area (Å²) in [6.07, 6.45) is -5.56. The largest absolute Gasteiger partial charge is 0.489 e. The second kappa shape index (κ2) is 8.03. The maximum atomic E-state index is 12.7. The molecular weight excluding hydrogens is 377 g/mol. The number of benzene rings is 2. The summed E-state index contributed by atoms with van der Waals surface area (Å²) in [6, 6.07) is 13.3. The molecule has 0 aliphatic rings. The van der Waals surface area contributed by atoms with Crippen LogP contribution in [0.3, 0.4) is 0 Å². The van der Waals surface area contributed by atoms with E-state index in [1.54, 1.807) is 36.4 Å². The van der Waals surface area contributed by atoms with Gasteiger partial charge >= 0.3 is 12.3 Å². The summed E-state index contributed by atoms with van der Waals surface area (Å²) in [7, 11) is 0. The molecule has 9 heteroatoms. The van der Waals surface area contributed by atoms with E-state index in [9.17, 15) is 18.0 Å². The van der Waals surface area contributed by atoms with Crippen molar-refractivity contribution >= 4 is 6.09 Å². The van der Waals surface area contributed by atoms with Gasteiger partial charge in [-0.15, -0.1) is 0 Å². The second-order valence-corrected chi connectivity index (χ2v) is 5.85. The number of hydrogen-bond donors (Lipinski definition) is 2. The van der Waals surface area contributed by atoms with E-state index in [2.05, 4.69) is 10.5 Å². The summed E-state index contributed by atoms with van der Waals surface area (Å²) >= 11 is 0. The van der Waals surface area contributed by atoms with Gasteiger partial charge in [-0.1, -0.05) is 17.3 Å². The van der Waals surface area contributed by atoms with E-state index in [4.69, 9.17) is 14.4 Å². The number of halogens is 3. The van der Waals surface area contributed by atoms with Crippen molar-refractivity contribution in [2.75, 3.05) is 0 Å². The van der Waals surface area contributed by atoms with Crippen molar-refractivity contribution in [3.05, 3.63) is 71.5 Å². The Bertz CT molecular complexity index is 952. The highest BCUT2D eigenvalue weighted by Crippen LogP contribution is 2.30. The minimum absolute atomic E-state index is 0.000513. The molecular formula is C19H15F3N2O4. The molecule has 0 atom stereocenters. The highest BCUT2D eigenvalue weighted by Gasteiger charge is 2.30. The van der Waals surface area contributed by atoms with E-state index in [-0.39, 0.29) is 13.2 Å². The molecule has 0 saturated carbocycles. The Hall–Kier alpha value is -3.49. The van der Waals surface area contributed by atoms with Crippen molar-refractivity contribution in [2.45, 2.75) is 19.3 Å². The maximum Gasteiger partial charge on any atom is 0.416 e. The molecule has 0 aliphatic carbocycles. The molecule has 0 radical (unpaired) electrons. The number of nitrogens with one attached hydrogen (secondary N) is 1. The molecule has 1 aromatic heterocycles. The van der Waals surface area contributed by atoms with Crippen LogP contribution in [0.15, 0.2) is 59.1 Å². The number of carbonyl (C=O) groups is 1. The summed E-state index contributed by atoms with van der Waals surface area (Å²) in [4.78, 5) is 10.5. The standard InChI is InChI=1S/C19H15F3N2O4/c20-19(21,22)14-3-1-2-12(8-14)11-27-15-6-4-13(5-7-15)17-9-16(28-24-17)10-23-18(25)26/h1-9,23H,10-11H2,(H,25,26). The van der Waals surface area contributed by atoms with E-state index in [0.29, 0.717) is 22.8 Å². The van der Waals surface area contributed by atoms with Crippen molar-refractivity contribution in [1.82, 2.24) is 10.5 Å². The number of carboxylic acid groups (broad SMARTS) is 1. The van der Waals surface area contributed by atoms with Gasteiger partial charge in [0.05, 0.1) is 12.1 Å². The normalized spacial score (nSPS) is 11.2. The molecule has 0 saturated heterocycles.